The van der Waals surface area contributed by atoms with Crippen LogP contribution in [0.25, 0.3) is 0 Å². The summed E-state index contributed by atoms with van der Waals surface area (Å²) in [7, 11) is 0. The van der Waals surface area contributed by atoms with Crippen LogP contribution in [0.3, 0.4) is 0 Å². The molecule has 0 saturated carbocycles. The Morgan fingerprint density at radius 2 is 1.12 bits per heavy atom. The number of hydrogen-bond donors (Lipinski definition) is 13. The van der Waals surface area contributed by atoms with Crippen LogP contribution >= 0.6 is 0 Å². The first kappa shape index (κ1) is 66.1. The van der Waals surface area contributed by atoms with Gasteiger partial charge in [-0.2, -0.15) is 0 Å². The molecule has 77 heavy (non-hydrogen) atoms. The number of aliphatic imine (C=N–C) groups is 2. The maximum atomic E-state index is 14.6. The largest absolute Gasteiger partial charge is 0.480 e. The minimum atomic E-state index is -1.34. The van der Waals surface area contributed by atoms with Gasteiger partial charge in [-0.05, 0) is 94.1 Å². The van der Waals surface area contributed by atoms with Crippen molar-refractivity contribution in [3.63, 3.8) is 0 Å². The highest BCUT2D eigenvalue weighted by Gasteiger charge is 2.40. The summed E-state index contributed by atoms with van der Waals surface area (Å²) in [6, 6.07) is -0.675. The second-order valence-corrected chi connectivity index (χ2v) is 20.3. The number of carbonyl (C=O) groups excluding carboxylic acids is 8. The summed E-state index contributed by atoms with van der Waals surface area (Å²) in [5.74, 6) is -7.65. The number of nitrogens with two attached hydrogens (primary N) is 5. The molecule has 25 nitrogen and oxygen atoms in total. The normalized spacial score (nSPS) is 16.6. The van der Waals surface area contributed by atoms with Crippen molar-refractivity contribution in [2.24, 2.45) is 56.4 Å². The molecule has 0 aromatic heterocycles. The molecule has 10 atom stereocenters. The maximum absolute atomic E-state index is 14.6. The van der Waals surface area contributed by atoms with Gasteiger partial charge in [0.25, 0.3) is 0 Å². The Morgan fingerprint density at radius 3 is 1.66 bits per heavy atom. The summed E-state index contributed by atoms with van der Waals surface area (Å²) in [5.41, 5.74) is 28.7. The standard InChI is InChI=1S/C52H89N15O10/c1-8-31(5)41(48(74)66-42(50(76)77)32(6)9-2)65-44(70)35(20-13-14-24-53)61-46(72)39(29-34-18-11-10-12-19-34)64-43(69)36(21-15-25-58-51(54)55)62-47(73)40-23-17-27-67(40)49(75)37(22-16-26-59-52(56)57)63-45(71)38(28-30(3)4)60-33(7)68/h10-12,18-19,30-32,35-42H,8-9,13-17,20-29,53H2,1-7H3,(H,60,68)(H,61,72)(H,62,73)(H,63,71)(H,64,69)(H,65,70)(H,66,74)(H,76,77)(H4,54,55,58)(H4,56,57,59)/t31-,32-,35-,36-,37-,38-,39-,40-,41-,42-/m0/s1. The first-order chi connectivity index (χ1) is 36.4. The zero-order valence-corrected chi connectivity index (χ0v) is 46.1. The third-order valence-electron chi connectivity index (χ3n) is 13.4. The molecule has 0 bridgehead atoms. The van der Waals surface area contributed by atoms with Crippen molar-refractivity contribution in [2.75, 3.05) is 26.2 Å². The van der Waals surface area contributed by atoms with E-state index in [0.717, 1.165) is 0 Å². The fraction of sp³-hybridized carbons (Fsp3) is 0.673. The first-order valence-electron chi connectivity index (χ1n) is 26.9. The number of aliphatic carboxylic acids is 1. The highest BCUT2D eigenvalue weighted by molar-refractivity contribution is 5.98. The Labute approximate surface area is 453 Å². The Bertz CT molecular complexity index is 2150. The van der Waals surface area contributed by atoms with Crippen LogP contribution in [0.1, 0.15) is 131 Å². The van der Waals surface area contributed by atoms with Crippen LogP contribution in [-0.4, -0.2) is 150 Å². The number of nitrogens with one attached hydrogen (secondary N) is 7. The molecule has 1 fully saturated rings. The van der Waals surface area contributed by atoms with E-state index in [2.05, 4.69) is 47.2 Å². The molecular formula is C52H89N15O10. The second-order valence-electron chi connectivity index (χ2n) is 20.3. The van der Waals surface area contributed by atoms with Gasteiger partial charge in [0.15, 0.2) is 11.9 Å². The molecule has 8 amide bonds. The molecule has 1 aliphatic rings. The van der Waals surface area contributed by atoms with E-state index >= 15 is 0 Å². The molecule has 0 aliphatic carbocycles. The minimum absolute atomic E-state index is 0.00779. The summed E-state index contributed by atoms with van der Waals surface area (Å²) < 4.78 is 0. The Morgan fingerprint density at radius 1 is 0.623 bits per heavy atom. The highest BCUT2D eigenvalue weighted by Crippen LogP contribution is 2.21. The lowest BCUT2D eigenvalue weighted by atomic mass is 9.95. The summed E-state index contributed by atoms with van der Waals surface area (Å²) in [6.07, 6.45) is 3.24. The second kappa shape index (κ2) is 34.6. The molecule has 1 heterocycles. The number of guanidine groups is 2. The third kappa shape index (κ3) is 23.8. The molecule has 2 rings (SSSR count). The zero-order chi connectivity index (χ0) is 57.8. The van der Waals surface area contributed by atoms with Crippen molar-refractivity contribution >= 4 is 65.1 Å². The number of nitrogens with zero attached hydrogens (tertiary/aromatic N) is 3. The van der Waals surface area contributed by atoms with Crippen LogP contribution in [0.15, 0.2) is 40.3 Å². The van der Waals surface area contributed by atoms with Gasteiger partial charge in [0, 0.05) is 33.0 Å². The van der Waals surface area contributed by atoms with Crippen molar-refractivity contribution in [1.82, 2.24) is 42.1 Å². The van der Waals surface area contributed by atoms with Gasteiger partial charge < -0.3 is 75.9 Å². The van der Waals surface area contributed by atoms with Gasteiger partial charge >= 0.3 is 5.97 Å². The monoisotopic (exact) mass is 1080 g/mol. The number of carboxylic acids is 1. The molecule has 0 radical (unpaired) electrons. The molecular weight excluding hydrogens is 995 g/mol. The van der Waals surface area contributed by atoms with Crippen LogP contribution in [0.2, 0.25) is 0 Å². The van der Waals surface area contributed by atoms with E-state index in [-0.39, 0.29) is 88.8 Å². The van der Waals surface area contributed by atoms with Gasteiger partial charge in [-0.3, -0.25) is 48.3 Å². The molecule has 18 N–H and O–H groups in total. The molecule has 25 heteroatoms. The number of hydrogen-bond acceptors (Lipinski definition) is 12. The number of benzene rings is 1. The predicted molar refractivity (Wildman–Crippen MR) is 293 cm³/mol. The summed E-state index contributed by atoms with van der Waals surface area (Å²) in [6.45, 7) is 12.7. The summed E-state index contributed by atoms with van der Waals surface area (Å²) in [5, 5.41) is 29.1. The fourth-order valence-corrected chi connectivity index (χ4v) is 8.77. The molecule has 1 aliphatic heterocycles. The number of carboxylic acid groups (broad SMARTS) is 1. The van der Waals surface area contributed by atoms with Gasteiger partial charge in [0.1, 0.15) is 48.3 Å². The minimum Gasteiger partial charge on any atom is -0.480 e. The van der Waals surface area contributed by atoms with E-state index in [4.69, 9.17) is 28.7 Å². The van der Waals surface area contributed by atoms with Crippen molar-refractivity contribution in [3.05, 3.63) is 35.9 Å². The first-order valence-corrected chi connectivity index (χ1v) is 26.9. The van der Waals surface area contributed by atoms with Crippen LogP contribution in [0.5, 0.6) is 0 Å². The van der Waals surface area contributed by atoms with Crippen LogP contribution in [0, 0.1) is 17.8 Å². The van der Waals surface area contributed by atoms with Crippen LogP contribution in [-0.2, 0) is 49.6 Å². The number of likely N-dealkylation sites (tertiary alicyclic amines) is 1. The lowest BCUT2D eigenvalue weighted by Gasteiger charge is -2.31. The lowest BCUT2D eigenvalue weighted by molar-refractivity contribution is -0.144. The SMILES string of the molecule is CC[C@H](C)[C@H](NC(=O)[C@@H](NC(=O)[C@H](CCCCN)NC(=O)[C@H](Cc1ccccc1)NC(=O)[C@H](CCCN=C(N)N)NC(=O)[C@@H]1CCCN1C(=O)[C@H](CCCN=C(N)N)NC(=O)[C@H](CC(C)C)NC(C)=O)[C@@H](C)CC)C(=O)O. The van der Waals surface area contributed by atoms with Gasteiger partial charge in [0.05, 0.1) is 0 Å². The van der Waals surface area contributed by atoms with Gasteiger partial charge in [-0.25, -0.2) is 4.79 Å². The van der Waals surface area contributed by atoms with Crippen LogP contribution in [0.4, 0.5) is 0 Å². The van der Waals surface area contributed by atoms with E-state index in [1.54, 1.807) is 51.1 Å². The molecule has 0 spiro atoms. The van der Waals surface area contributed by atoms with Gasteiger partial charge in [0.2, 0.25) is 47.3 Å². The van der Waals surface area contributed by atoms with Crippen molar-refractivity contribution < 1.29 is 48.3 Å². The van der Waals surface area contributed by atoms with Crippen molar-refractivity contribution in [2.45, 2.75) is 180 Å². The number of rotatable bonds is 35. The number of carbonyl (C=O) groups is 9. The topological polar surface area (TPSA) is 416 Å². The van der Waals surface area contributed by atoms with E-state index in [1.165, 1.54) is 11.8 Å². The molecule has 1 aromatic rings. The third-order valence-corrected chi connectivity index (χ3v) is 13.4. The maximum Gasteiger partial charge on any atom is 0.326 e. The number of amides is 8. The van der Waals surface area contributed by atoms with Crippen molar-refractivity contribution in [1.29, 1.82) is 0 Å². The Kier molecular flexibility index (Phi) is 29.7. The van der Waals surface area contributed by atoms with E-state index in [0.29, 0.717) is 44.2 Å². The quantitative estimate of drug-likeness (QED) is 0.0222. The highest BCUT2D eigenvalue weighted by atomic mass is 16.4. The predicted octanol–water partition coefficient (Wildman–Crippen LogP) is -0.907. The van der Waals surface area contributed by atoms with Crippen LogP contribution < -0.4 is 65.9 Å². The lowest BCUT2D eigenvalue weighted by Crippen LogP contribution is -2.61. The van der Waals surface area contributed by atoms with E-state index in [9.17, 15) is 48.3 Å². The average Bonchev–Trinajstić information content (AvgIpc) is 3.87. The Hall–Kier alpha value is -7.05. The number of unbranched alkanes of at least 4 members (excludes halogenated alkanes) is 1. The molecule has 1 saturated heterocycles. The smallest absolute Gasteiger partial charge is 0.326 e. The van der Waals surface area contributed by atoms with Gasteiger partial charge in [-0.1, -0.05) is 84.7 Å². The van der Waals surface area contributed by atoms with Gasteiger partial charge in [-0.15, -0.1) is 0 Å². The fourth-order valence-electron chi connectivity index (χ4n) is 8.77. The molecule has 1 aromatic carbocycles. The summed E-state index contributed by atoms with van der Waals surface area (Å²) in [4.78, 5) is 133. The molecule has 432 valence electrons. The zero-order valence-electron chi connectivity index (χ0n) is 46.1. The van der Waals surface area contributed by atoms with E-state index < -0.39 is 113 Å². The average molecular weight is 1080 g/mol. The van der Waals surface area contributed by atoms with E-state index in [1.807, 2.05) is 20.8 Å². The molecule has 0 unspecified atom stereocenters. The Balaban J connectivity index is 2.54. The van der Waals surface area contributed by atoms with Crippen molar-refractivity contribution in [3.8, 4) is 0 Å². The summed E-state index contributed by atoms with van der Waals surface area (Å²) >= 11 is 0.